The van der Waals surface area contributed by atoms with E-state index in [1.165, 1.54) is 12.1 Å². The fourth-order valence-corrected chi connectivity index (χ4v) is 7.75. The van der Waals surface area contributed by atoms with Crippen molar-refractivity contribution in [2.45, 2.75) is 0 Å². The molecule has 0 N–H and O–H groups in total. The summed E-state index contributed by atoms with van der Waals surface area (Å²) in [5.41, 5.74) is 7.63. The van der Waals surface area contributed by atoms with Crippen molar-refractivity contribution in [1.29, 1.82) is 0 Å². The minimum Gasteiger partial charge on any atom is -0.456 e. The number of fused-ring (bicyclic) bond motifs is 6. The molecule has 0 saturated heterocycles. The van der Waals surface area contributed by atoms with Gasteiger partial charge in [0, 0.05) is 50.4 Å². The predicted molar refractivity (Wildman–Crippen MR) is 213 cm³/mol. The van der Waals surface area contributed by atoms with E-state index < -0.39 is 34.6 Å². The minimum absolute atomic E-state index is 0.159. The third-order valence-corrected chi connectivity index (χ3v) is 10.4. The van der Waals surface area contributed by atoms with Crippen LogP contribution in [0.5, 0.6) is 0 Å². The van der Waals surface area contributed by atoms with E-state index in [0.717, 1.165) is 66.4 Å². The molecule has 3 nitrogen and oxygen atoms in total. The summed E-state index contributed by atoms with van der Waals surface area (Å²) in [5, 5.41) is 4.18. The highest BCUT2D eigenvalue weighted by molar-refractivity contribution is 6.10. The molecular weight excluding hydrogens is 716 g/mol. The van der Waals surface area contributed by atoms with Crippen LogP contribution in [0.15, 0.2) is 168 Å². The molecule has 0 radical (unpaired) electrons. The zero-order valence-corrected chi connectivity index (χ0v) is 29.3. The van der Waals surface area contributed by atoms with Crippen molar-refractivity contribution < 1.29 is 26.4 Å². The van der Waals surface area contributed by atoms with Gasteiger partial charge in [0.2, 0.25) is 5.82 Å². The number of nitrogens with zero attached hydrogens (tertiary/aromatic N) is 2. The second-order valence-corrected chi connectivity index (χ2v) is 13.6. The standard InChI is InChI=1S/C48H27F5N2O/c49-44-43(45(50)47(52)48(53)46(44)51)29-16-21-33(22-17-29)54(34-23-24-37-36-11-5-7-13-41(36)56-42(37)27-34)32-19-14-28(15-20-32)30-18-25-40-38(26-30)35-10-4-6-12-39(35)55(40)31-8-2-1-3-9-31/h1-27H. The number of hydrogen-bond acceptors (Lipinski definition) is 2. The van der Waals surface area contributed by atoms with Crippen molar-refractivity contribution in [1.82, 2.24) is 4.57 Å². The number of benzene rings is 8. The Morgan fingerprint density at radius 2 is 0.911 bits per heavy atom. The van der Waals surface area contributed by atoms with Crippen LogP contribution in [0.3, 0.4) is 0 Å². The lowest BCUT2D eigenvalue weighted by atomic mass is 10.0. The molecule has 0 spiro atoms. The summed E-state index contributed by atoms with van der Waals surface area (Å²) in [7, 11) is 0. The Kier molecular flexibility index (Phi) is 7.74. The lowest BCUT2D eigenvalue weighted by Gasteiger charge is -2.26. The molecule has 10 aromatic rings. The Labute approximate surface area is 316 Å². The third-order valence-electron chi connectivity index (χ3n) is 10.4. The van der Waals surface area contributed by atoms with Crippen LogP contribution in [0.2, 0.25) is 0 Å². The summed E-state index contributed by atoms with van der Waals surface area (Å²) in [6.07, 6.45) is 0. The van der Waals surface area contributed by atoms with Gasteiger partial charge in [0.1, 0.15) is 11.2 Å². The monoisotopic (exact) mass is 742 g/mol. The zero-order valence-electron chi connectivity index (χ0n) is 29.3. The minimum atomic E-state index is -2.20. The third kappa shape index (κ3) is 5.25. The maximum Gasteiger partial charge on any atom is 0.200 e. The van der Waals surface area contributed by atoms with Gasteiger partial charge in [-0.05, 0) is 89.5 Å². The number of para-hydroxylation sites is 3. The first-order valence-corrected chi connectivity index (χ1v) is 17.9. The number of anilines is 3. The molecular formula is C48H27F5N2O. The summed E-state index contributed by atoms with van der Waals surface area (Å²) in [4.78, 5) is 1.94. The number of aromatic nitrogens is 1. The predicted octanol–water partition coefficient (Wildman–Crippen LogP) is 14.2. The average molecular weight is 743 g/mol. The summed E-state index contributed by atoms with van der Waals surface area (Å²) in [6.45, 7) is 0. The van der Waals surface area contributed by atoms with Crippen LogP contribution in [0.25, 0.3) is 71.7 Å². The highest BCUT2D eigenvalue weighted by atomic mass is 19.2. The molecule has 0 aliphatic carbocycles. The summed E-state index contributed by atoms with van der Waals surface area (Å²) in [5.74, 6) is -9.97. The van der Waals surface area contributed by atoms with Crippen LogP contribution in [0, 0.1) is 29.1 Å². The molecule has 10 rings (SSSR count). The Hall–Kier alpha value is -7.19. The Morgan fingerprint density at radius 1 is 0.375 bits per heavy atom. The van der Waals surface area contributed by atoms with Gasteiger partial charge in [0.15, 0.2) is 23.3 Å². The quantitative estimate of drug-likeness (QED) is 0.0961. The smallest absolute Gasteiger partial charge is 0.200 e. The number of hydrogen-bond donors (Lipinski definition) is 0. The van der Waals surface area contributed by atoms with Gasteiger partial charge < -0.3 is 13.9 Å². The van der Waals surface area contributed by atoms with Crippen LogP contribution in [-0.2, 0) is 0 Å². The number of halogens is 5. The second kappa shape index (κ2) is 13.0. The normalized spacial score (nSPS) is 11.7. The highest BCUT2D eigenvalue weighted by Gasteiger charge is 2.27. The molecule has 56 heavy (non-hydrogen) atoms. The van der Waals surface area contributed by atoms with Crippen molar-refractivity contribution in [2.75, 3.05) is 4.90 Å². The van der Waals surface area contributed by atoms with Gasteiger partial charge in [-0.15, -0.1) is 0 Å². The molecule has 8 heteroatoms. The van der Waals surface area contributed by atoms with Gasteiger partial charge in [-0.3, -0.25) is 0 Å². The van der Waals surface area contributed by atoms with E-state index in [1.807, 2.05) is 102 Å². The van der Waals surface area contributed by atoms with Crippen molar-refractivity contribution in [3.8, 4) is 27.9 Å². The summed E-state index contributed by atoms with van der Waals surface area (Å²) >= 11 is 0. The summed E-state index contributed by atoms with van der Waals surface area (Å²) in [6, 6.07) is 52.6. The van der Waals surface area contributed by atoms with Crippen LogP contribution >= 0.6 is 0 Å². The van der Waals surface area contributed by atoms with Gasteiger partial charge in [-0.25, -0.2) is 22.0 Å². The van der Waals surface area contributed by atoms with Crippen molar-refractivity contribution in [2.24, 2.45) is 0 Å². The molecule has 0 fully saturated rings. The second-order valence-electron chi connectivity index (χ2n) is 13.6. The van der Waals surface area contributed by atoms with Crippen molar-refractivity contribution in [3.05, 3.63) is 193 Å². The lowest BCUT2D eigenvalue weighted by Crippen LogP contribution is -2.10. The van der Waals surface area contributed by atoms with Gasteiger partial charge in [0.05, 0.1) is 16.6 Å². The molecule has 0 aliphatic rings. The number of rotatable bonds is 6. The first kappa shape index (κ1) is 33.4. The first-order chi connectivity index (χ1) is 27.4. The maximum atomic E-state index is 14.8. The molecule has 0 saturated carbocycles. The lowest BCUT2D eigenvalue weighted by molar-refractivity contribution is 0.381. The Balaban J connectivity index is 1.08. The molecule has 2 aromatic heterocycles. The van der Waals surface area contributed by atoms with Crippen molar-refractivity contribution in [3.63, 3.8) is 0 Å². The summed E-state index contributed by atoms with van der Waals surface area (Å²) < 4.78 is 80.2. The molecule has 270 valence electrons. The van der Waals surface area contributed by atoms with Gasteiger partial charge in [0.25, 0.3) is 0 Å². The fourth-order valence-electron chi connectivity index (χ4n) is 7.75. The molecule has 0 unspecified atom stereocenters. The van der Waals surface area contributed by atoms with E-state index in [0.29, 0.717) is 11.3 Å². The molecule has 0 bridgehead atoms. The molecule has 0 amide bonds. The van der Waals surface area contributed by atoms with E-state index in [4.69, 9.17) is 4.42 Å². The van der Waals surface area contributed by atoms with Gasteiger partial charge >= 0.3 is 0 Å². The van der Waals surface area contributed by atoms with E-state index in [9.17, 15) is 22.0 Å². The van der Waals surface area contributed by atoms with Gasteiger partial charge in [-0.2, -0.15) is 0 Å². The van der Waals surface area contributed by atoms with Crippen LogP contribution in [0.4, 0.5) is 39.0 Å². The van der Waals surface area contributed by atoms with E-state index in [2.05, 4.69) is 47.0 Å². The largest absolute Gasteiger partial charge is 0.456 e. The maximum absolute atomic E-state index is 14.8. The number of furan rings is 1. The van der Waals surface area contributed by atoms with E-state index in [-0.39, 0.29) is 5.56 Å². The van der Waals surface area contributed by atoms with E-state index in [1.54, 1.807) is 12.1 Å². The van der Waals surface area contributed by atoms with Crippen LogP contribution in [0.1, 0.15) is 0 Å². The highest BCUT2D eigenvalue weighted by Crippen LogP contribution is 2.41. The van der Waals surface area contributed by atoms with Gasteiger partial charge in [-0.1, -0.05) is 84.9 Å². The molecule has 0 aliphatic heterocycles. The Morgan fingerprint density at radius 3 is 1.62 bits per heavy atom. The molecule has 8 aromatic carbocycles. The van der Waals surface area contributed by atoms with Crippen LogP contribution in [-0.4, -0.2) is 4.57 Å². The van der Waals surface area contributed by atoms with Crippen molar-refractivity contribution >= 4 is 60.8 Å². The zero-order chi connectivity index (χ0) is 38.1. The Bertz CT molecular complexity index is 3100. The molecule has 0 atom stereocenters. The first-order valence-electron chi connectivity index (χ1n) is 17.9. The van der Waals surface area contributed by atoms with E-state index >= 15 is 0 Å². The SMILES string of the molecule is Fc1c(F)c(F)c(-c2ccc(N(c3ccc(-c4ccc5c(c4)c4ccccc4n5-c4ccccc4)cc3)c3ccc4c(c3)oc3ccccc34)cc2)c(F)c1F. The van der Waals surface area contributed by atoms with Crippen LogP contribution < -0.4 is 4.90 Å². The average Bonchev–Trinajstić information content (AvgIpc) is 3.78. The topological polar surface area (TPSA) is 21.3 Å². The fraction of sp³-hybridized carbons (Fsp3) is 0. The molecule has 2 heterocycles.